The highest BCUT2D eigenvalue weighted by atomic mass is 32.2. The summed E-state index contributed by atoms with van der Waals surface area (Å²) in [5, 5.41) is 9.77. The Balaban J connectivity index is 2.01. The Hall–Kier alpha value is -1.96. The fraction of sp³-hybridized carbons (Fsp3) is 0.0714. The molecule has 108 valence electrons. The predicted molar refractivity (Wildman–Crippen MR) is 82.8 cm³/mol. The molecular formula is C14H12N2O3S2. The van der Waals surface area contributed by atoms with Gasteiger partial charge in [-0.05, 0) is 36.4 Å². The quantitative estimate of drug-likeness (QED) is 0.774. The molecule has 0 unspecified atom stereocenters. The predicted octanol–water partition coefficient (Wildman–Crippen LogP) is 2.59. The van der Waals surface area contributed by atoms with Gasteiger partial charge < -0.3 is 5.11 Å². The topological polar surface area (TPSA) is 79.3 Å². The van der Waals surface area contributed by atoms with E-state index < -0.39 is 10.0 Å². The molecule has 2 heterocycles. The van der Waals surface area contributed by atoms with Gasteiger partial charge in [-0.3, -0.25) is 9.71 Å². The van der Waals surface area contributed by atoms with Crippen LogP contribution < -0.4 is 4.72 Å². The highest BCUT2D eigenvalue weighted by Crippen LogP contribution is 2.27. The minimum absolute atomic E-state index is 0.168. The zero-order valence-electron chi connectivity index (χ0n) is 10.9. The number of fused-ring (bicyclic) bond motifs is 1. The van der Waals surface area contributed by atoms with E-state index in [-0.39, 0.29) is 10.8 Å². The number of thiophene rings is 1. The number of anilines is 1. The van der Waals surface area contributed by atoms with Crippen LogP contribution in [0, 0.1) is 0 Å². The van der Waals surface area contributed by atoms with E-state index in [4.69, 9.17) is 5.11 Å². The van der Waals surface area contributed by atoms with Crippen LogP contribution in [0.4, 0.5) is 5.69 Å². The molecule has 7 heteroatoms. The first-order valence-electron chi connectivity index (χ1n) is 6.16. The Morgan fingerprint density at radius 2 is 2.00 bits per heavy atom. The molecule has 2 N–H and O–H groups in total. The van der Waals surface area contributed by atoms with E-state index in [2.05, 4.69) is 9.71 Å². The monoisotopic (exact) mass is 320 g/mol. The van der Waals surface area contributed by atoms with Crippen molar-refractivity contribution < 1.29 is 13.5 Å². The summed E-state index contributed by atoms with van der Waals surface area (Å²) in [5.41, 5.74) is 1.21. The SMILES string of the molecule is O=S(=O)(Nc1cccc2ncccc12)c1ccc(CO)s1. The first kappa shape index (κ1) is 14.0. The Kier molecular flexibility index (Phi) is 3.62. The molecule has 5 nitrogen and oxygen atoms in total. The second-order valence-electron chi connectivity index (χ2n) is 4.36. The zero-order valence-corrected chi connectivity index (χ0v) is 12.5. The van der Waals surface area contributed by atoms with Gasteiger partial charge in [0.2, 0.25) is 0 Å². The van der Waals surface area contributed by atoms with E-state index in [0.717, 1.165) is 22.2 Å². The number of nitrogens with one attached hydrogen (secondary N) is 1. The number of sulfonamides is 1. The summed E-state index contributed by atoms with van der Waals surface area (Å²) in [6.45, 7) is -0.168. The van der Waals surface area contributed by atoms with Gasteiger partial charge >= 0.3 is 0 Å². The first-order chi connectivity index (χ1) is 10.1. The van der Waals surface area contributed by atoms with Gasteiger partial charge in [0.1, 0.15) is 4.21 Å². The highest BCUT2D eigenvalue weighted by Gasteiger charge is 2.18. The fourth-order valence-electron chi connectivity index (χ4n) is 1.98. The standard InChI is InChI=1S/C14H12N2O3S2/c17-9-10-6-7-14(20-10)21(18,19)16-13-5-1-4-12-11(13)3-2-8-15-12/h1-8,16-17H,9H2. The fourth-order valence-corrected chi connectivity index (χ4v) is 4.27. The lowest BCUT2D eigenvalue weighted by Gasteiger charge is -2.08. The van der Waals surface area contributed by atoms with Crippen molar-refractivity contribution in [2.75, 3.05) is 4.72 Å². The third-order valence-corrected chi connectivity index (χ3v) is 5.88. The van der Waals surface area contributed by atoms with Crippen molar-refractivity contribution in [2.45, 2.75) is 10.8 Å². The van der Waals surface area contributed by atoms with Gasteiger partial charge in [0, 0.05) is 16.5 Å². The molecule has 3 rings (SSSR count). The lowest BCUT2D eigenvalue weighted by atomic mass is 10.2. The Labute approximate surface area is 125 Å². The summed E-state index contributed by atoms with van der Waals surface area (Å²) in [5.74, 6) is 0. The number of benzene rings is 1. The average molecular weight is 320 g/mol. The largest absolute Gasteiger partial charge is 0.391 e. The van der Waals surface area contributed by atoms with Gasteiger partial charge in [0.25, 0.3) is 10.0 Å². The summed E-state index contributed by atoms with van der Waals surface area (Å²) in [6.07, 6.45) is 1.66. The Morgan fingerprint density at radius 1 is 1.14 bits per heavy atom. The number of nitrogens with zero attached hydrogens (tertiary/aromatic N) is 1. The van der Waals surface area contributed by atoms with Crippen molar-refractivity contribution in [3.8, 4) is 0 Å². The van der Waals surface area contributed by atoms with E-state index in [0.29, 0.717) is 10.6 Å². The van der Waals surface area contributed by atoms with Gasteiger partial charge in [0.05, 0.1) is 17.8 Å². The normalized spacial score (nSPS) is 11.7. The molecule has 0 radical (unpaired) electrons. The van der Waals surface area contributed by atoms with Gasteiger partial charge in [-0.15, -0.1) is 11.3 Å². The van der Waals surface area contributed by atoms with Crippen LogP contribution in [0.5, 0.6) is 0 Å². The summed E-state index contributed by atoms with van der Waals surface area (Å²) in [7, 11) is -3.66. The van der Waals surface area contributed by atoms with Crippen LogP contribution in [0.3, 0.4) is 0 Å². The van der Waals surface area contributed by atoms with Crippen molar-refractivity contribution >= 4 is 38.0 Å². The van der Waals surface area contributed by atoms with E-state index in [1.54, 1.807) is 30.5 Å². The molecule has 0 bridgehead atoms. The molecule has 0 aliphatic carbocycles. The maximum atomic E-state index is 12.4. The number of aliphatic hydroxyl groups is 1. The van der Waals surface area contributed by atoms with E-state index in [1.807, 2.05) is 12.1 Å². The van der Waals surface area contributed by atoms with Crippen LogP contribution in [0.25, 0.3) is 10.9 Å². The lowest BCUT2D eigenvalue weighted by molar-refractivity contribution is 0.285. The third kappa shape index (κ3) is 2.76. The second-order valence-corrected chi connectivity index (χ2v) is 7.44. The minimum Gasteiger partial charge on any atom is -0.391 e. The van der Waals surface area contributed by atoms with Gasteiger partial charge in [-0.1, -0.05) is 6.07 Å². The molecule has 0 saturated heterocycles. The van der Waals surface area contributed by atoms with Crippen LogP contribution in [0.2, 0.25) is 0 Å². The smallest absolute Gasteiger partial charge is 0.271 e. The van der Waals surface area contributed by atoms with Crippen molar-refractivity contribution in [1.29, 1.82) is 0 Å². The van der Waals surface area contributed by atoms with E-state index in [9.17, 15) is 8.42 Å². The molecule has 0 atom stereocenters. The molecule has 0 saturated carbocycles. The number of hydrogen-bond donors (Lipinski definition) is 2. The van der Waals surface area contributed by atoms with Crippen LogP contribution in [-0.2, 0) is 16.6 Å². The number of aromatic nitrogens is 1. The van der Waals surface area contributed by atoms with E-state index in [1.165, 1.54) is 6.07 Å². The van der Waals surface area contributed by atoms with Crippen molar-refractivity contribution in [3.63, 3.8) is 0 Å². The van der Waals surface area contributed by atoms with Crippen LogP contribution in [-0.4, -0.2) is 18.5 Å². The minimum atomic E-state index is -3.66. The average Bonchev–Trinajstić information content (AvgIpc) is 2.97. The molecule has 0 aliphatic rings. The molecule has 0 amide bonds. The summed E-state index contributed by atoms with van der Waals surface area (Å²) >= 11 is 1.05. The maximum absolute atomic E-state index is 12.4. The lowest BCUT2D eigenvalue weighted by Crippen LogP contribution is -2.11. The third-order valence-electron chi connectivity index (χ3n) is 2.95. The molecule has 21 heavy (non-hydrogen) atoms. The van der Waals surface area contributed by atoms with E-state index >= 15 is 0 Å². The highest BCUT2D eigenvalue weighted by molar-refractivity contribution is 7.94. The molecule has 0 fully saturated rings. The van der Waals surface area contributed by atoms with Crippen LogP contribution in [0.1, 0.15) is 4.88 Å². The van der Waals surface area contributed by atoms with Gasteiger partial charge in [-0.2, -0.15) is 0 Å². The maximum Gasteiger partial charge on any atom is 0.271 e. The summed E-state index contributed by atoms with van der Waals surface area (Å²) in [6, 6.07) is 11.9. The molecular weight excluding hydrogens is 308 g/mol. The summed E-state index contributed by atoms with van der Waals surface area (Å²) in [4.78, 5) is 4.80. The van der Waals surface area contributed by atoms with Crippen LogP contribution in [0.15, 0.2) is 52.9 Å². The molecule has 0 aliphatic heterocycles. The zero-order chi connectivity index (χ0) is 14.9. The Bertz CT molecular complexity index is 883. The molecule has 1 aromatic carbocycles. The number of hydrogen-bond acceptors (Lipinski definition) is 5. The summed E-state index contributed by atoms with van der Waals surface area (Å²) < 4.78 is 27.5. The number of pyridine rings is 1. The number of aliphatic hydroxyl groups excluding tert-OH is 1. The van der Waals surface area contributed by atoms with Crippen LogP contribution >= 0.6 is 11.3 Å². The number of rotatable bonds is 4. The first-order valence-corrected chi connectivity index (χ1v) is 8.46. The van der Waals surface area contributed by atoms with Crippen molar-refractivity contribution in [1.82, 2.24) is 4.98 Å². The Morgan fingerprint density at radius 3 is 2.76 bits per heavy atom. The van der Waals surface area contributed by atoms with Gasteiger partial charge in [0.15, 0.2) is 0 Å². The van der Waals surface area contributed by atoms with Crippen molar-refractivity contribution in [2.24, 2.45) is 0 Å². The van der Waals surface area contributed by atoms with Gasteiger partial charge in [-0.25, -0.2) is 8.42 Å². The molecule has 3 aromatic rings. The van der Waals surface area contributed by atoms with Crippen molar-refractivity contribution in [3.05, 3.63) is 53.5 Å². The molecule has 0 spiro atoms. The second kappa shape index (κ2) is 5.44. The molecule has 2 aromatic heterocycles.